The van der Waals surface area contributed by atoms with E-state index in [0.29, 0.717) is 34.5 Å². The number of anilines is 1. The van der Waals surface area contributed by atoms with Crippen molar-refractivity contribution in [1.82, 2.24) is 5.32 Å². The van der Waals surface area contributed by atoms with E-state index >= 15 is 0 Å². The third-order valence-corrected chi connectivity index (χ3v) is 8.93. The summed E-state index contributed by atoms with van der Waals surface area (Å²) in [5, 5.41) is 3.74. The van der Waals surface area contributed by atoms with Gasteiger partial charge in [0, 0.05) is 22.0 Å². The fourth-order valence-electron chi connectivity index (χ4n) is 5.41. The van der Waals surface area contributed by atoms with Crippen LogP contribution in [0.4, 0.5) is 5.69 Å². The van der Waals surface area contributed by atoms with Crippen LogP contribution in [0, 0.1) is 11.8 Å². The van der Waals surface area contributed by atoms with Gasteiger partial charge in [0.25, 0.3) is 11.8 Å². The first-order valence-electron chi connectivity index (χ1n) is 13.4. The molecule has 3 aromatic rings. The molecule has 1 N–H and O–H groups in total. The van der Waals surface area contributed by atoms with E-state index in [4.69, 9.17) is 11.6 Å². The van der Waals surface area contributed by atoms with E-state index in [9.17, 15) is 9.59 Å². The SMILES string of the molecule is CC1CCCCC1CCNC(=O)c1ccc(C=C2Sc3ccccc3N(Cc3cccc(Cl)c3)C2=O)cc1. The average molecular weight is 545 g/mol. The van der Waals surface area contributed by atoms with Gasteiger partial charge in [-0.1, -0.05) is 92.4 Å². The number of nitrogens with zero attached hydrogens (tertiary/aromatic N) is 1. The first-order chi connectivity index (χ1) is 18.5. The van der Waals surface area contributed by atoms with Crippen molar-refractivity contribution in [2.24, 2.45) is 11.8 Å². The van der Waals surface area contributed by atoms with Crippen LogP contribution in [0.5, 0.6) is 0 Å². The zero-order valence-corrected chi connectivity index (χ0v) is 23.2. The maximum Gasteiger partial charge on any atom is 0.265 e. The number of para-hydroxylation sites is 1. The Hall–Kier alpha value is -3.02. The van der Waals surface area contributed by atoms with Gasteiger partial charge in [-0.3, -0.25) is 9.59 Å². The number of hydrogen-bond donors (Lipinski definition) is 1. The highest BCUT2D eigenvalue weighted by molar-refractivity contribution is 8.04. The zero-order valence-electron chi connectivity index (χ0n) is 21.7. The van der Waals surface area contributed by atoms with Crippen LogP contribution in [0.15, 0.2) is 82.6 Å². The highest BCUT2D eigenvalue weighted by Gasteiger charge is 2.29. The molecule has 0 saturated heterocycles. The molecule has 2 unspecified atom stereocenters. The molecule has 1 aliphatic heterocycles. The van der Waals surface area contributed by atoms with Gasteiger partial charge in [0.1, 0.15) is 0 Å². The molecule has 5 rings (SSSR count). The van der Waals surface area contributed by atoms with Gasteiger partial charge < -0.3 is 10.2 Å². The van der Waals surface area contributed by atoms with E-state index in [0.717, 1.165) is 34.0 Å². The normalized spacial score (nSPS) is 20.3. The molecule has 0 bridgehead atoms. The molecule has 2 amide bonds. The van der Waals surface area contributed by atoms with Gasteiger partial charge in [-0.15, -0.1) is 0 Å². The Morgan fingerprint density at radius 1 is 1.05 bits per heavy atom. The lowest BCUT2D eigenvalue weighted by molar-refractivity contribution is -0.114. The number of benzene rings is 3. The van der Waals surface area contributed by atoms with Crippen molar-refractivity contribution >= 4 is 46.9 Å². The van der Waals surface area contributed by atoms with E-state index in [1.807, 2.05) is 78.9 Å². The fraction of sp³-hybridized carbons (Fsp3) is 0.312. The standard InChI is InChI=1S/C32H33ClN2O2S/c1-22-7-2-3-9-25(22)17-18-34-31(36)26-15-13-23(14-16-26)20-30-32(37)35(21-24-8-6-10-27(33)19-24)28-11-4-5-12-29(28)38-30/h4-6,8,10-16,19-20,22,25H,2-3,7,9,17-18,21H2,1H3,(H,34,36). The van der Waals surface area contributed by atoms with Crippen LogP contribution < -0.4 is 10.2 Å². The molecule has 0 aromatic heterocycles. The molecule has 3 aromatic carbocycles. The van der Waals surface area contributed by atoms with E-state index in [1.54, 1.807) is 4.90 Å². The molecule has 4 nitrogen and oxygen atoms in total. The van der Waals surface area contributed by atoms with Crippen molar-refractivity contribution in [3.63, 3.8) is 0 Å². The Balaban J connectivity index is 1.27. The molecule has 2 aliphatic rings. The lowest BCUT2D eigenvalue weighted by atomic mass is 9.79. The summed E-state index contributed by atoms with van der Waals surface area (Å²) in [6, 6.07) is 23.0. The lowest BCUT2D eigenvalue weighted by Crippen LogP contribution is -2.33. The van der Waals surface area contributed by atoms with Crippen LogP contribution in [0.3, 0.4) is 0 Å². The monoisotopic (exact) mass is 544 g/mol. The highest BCUT2D eigenvalue weighted by Crippen LogP contribution is 2.42. The molecule has 38 heavy (non-hydrogen) atoms. The summed E-state index contributed by atoms with van der Waals surface area (Å²) in [6.45, 7) is 3.49. The van der Waals surface area contributed by atoms with Gasteiger partial charge in [0.15, 0.2) is 0 Å². The number of carbonyl (C=O) groups excluding carboxylic acids is 2. The summed E-state index contributed by atoms with van der Waals surface area (Å²) >= 11 is 7.67. The van der Waals surface area contributed by atoms with Crippen LogP contribution in [0.2, 0.25) is 5.02 Å². The molecule has 0 spiro atoms. The third-order valence-electron chi connectivity index (χ3n) is 7.62. The third kappa shape index (κ3) is 6.33. The van der Waals surface area contributed by atoms with Crippen molar-refractivity contribution in [3.05, 3.63) is 99.4 Å². The predicted octanol–water partition coefficient (Wildman–Crippen LogP) is 7.97. The Bertz CT molecular complexity index is 1340. The second kappa shape index (κ2) is 12.2. The first kappa shape index (κ1) is 26.6. The van der Waals surface area contributed by atoms with Gasteiger partial charge in [0.05, 0.1) is 17.1 Å². The minimum absolute atomic E-state index is 0.0441. The summed E-state index contributed by atoms with van der Waals surface area (Å²) < 4.78 is 0. The van der Waals surface area contributed by atoms with Crippen LogP contribution in [0.1, 0.15) is 60.5 Å². The number of hydrogen-bond acceptors (Lipinski definition) is 3. The van der Waals surface area contributed by atoms with Crippen molar-refractivity contribution in [2.75, 3.05) is 11.4 Å². The van der Waals surface area contributed by atoms with Gasteiger partial charge in [-0.05, 0) is 71.9 Å². The molecule has 1 heterocycles. The molecular weight excluding hydrogens is 512 g/mol. The fourth-order valence-corrected chi connectivity index (χ4v) is 6.69. The Kier molecular flexibility index (Phi) is 8.55. The van der Waals surface area contributed by atoms with E-state index < -0.39 is 0 Å². The molecule has 0 radical (unpaired) electrons. The number of thioether (sulfide) groups is 1. The summed E-state index contributed by atoms with van der Waals surface area (Å²) in [7, 11) is 0. The number of halogens is 1. The predicted molar refractivity (Wildman–Crippen MR) is 157 cm³/mol. The minimum Gasteiger partial charge on any atom is -0.352 e. The molecule has 1 saturated carbocycles. The topological polar surface area (TPSA) is 49.4 Å². The largest absolute Gasteiger partial charge is 0.352 e. The van der Waals surface area contributed by atoms with Gasteiger partial charge >= 0.3 is 0 Å². The summed E-state index contributed by atoms with van der Waals surface area (Å²) in [5.74, 6) is 1.37. The van der Waals surface area contributed by atoms with E-state index in [-0.39, 0.29) is 11.8 Å². The highest BCUT2D eigenvalue weighted by atomic mass is 35.5. The van der Waals surface area contributed by atoms with E-state index in [2.05, 4.69) is 12.2 Å². The smallest absolute Gasteiger partial charge is 0.265 e. The quantitative estimate of drug-likeness (QED) is 0.307. The van der Waals surface area contributed by atoms with Crippen LogP contribution in [-0.4, -0.2) is 18.4 Å². The van der Waals surface area contributed by atoms with Crippen LogP contribution in [-0.2, 0) is 11.3 Å². The molecule has 1 fully saturated rings. The first-order valence-corrected chi connectivity index (χ1v) is 14.6. The van der Waals surface area contributed by atoms with Crippen molar-refractivity contribution in [3.8, 4) is 0 Å². The van der Waals surface area contributed by atoms with Gasteiger partial charge in [-0.2, -0.15) is 0 Å². The van der Waals surface area contributed by atoms with Gasteiger partial charge in [-0.25, -0.2) is 0 Å². The molecular formula is C32H33ClN2O2S. The van der Waals surface area contributed by atoms with Gasteiger partial charge in [0.2, 0.25) is 0 Å². The zero-order chi connectivity index (χ0) is 26.5. The van der Waals surface area contributed by atoms with Crippen molar-refractivity contribution < 1.29 is 9.59 Å². The maximum atomic E-state index is 13.6. The second-order valence-electron chi connectivity index (χ2n) is 10.3. The Labute approximate surface area is 234 Å². The maximum absolute atomic E-state index is 13.6. The summed E-state index contributed by atoms with van der Waals surface area (Å²) in [6.07, 6.45) is 8.18. The molecule has 6 heteroatoms. The van der Waals surface area contributed by atoms with Crippen LogP contribution >= 0.6 is 23.4 Å². The van der Waals surface area contributed by atoms with Crippen LogP contribution in [0.25, 0.3) is 6.08 Å². The molecule has 2 atom stereocenters. The number of nitrogens with one attached hydrogen (secondary N) is 1. The molecule has 196 valence electrons. The number of carbonyl (C=O) groups is 2. The number of amides is 2. The number of rotatable bonds is 7. The molecule has 1 aliphatic carbocycles. The van der Waals surface area contributed by atoms with Crippen molar-refractivity contribution in [1.29, 1.82) is 0 Å². The lowest BCUT2D eigenvalue weighted by Gasteiger charge is -2.30. The Morgan fingerprint density at radius 3 is 2.63 bits per heavy atom. The number of fused-ring (bicyclic) bond motifs is 1. The van der Waals surface area contributed by atoms with E-state index in [1.165, 1.54) is 37.4 Å². The Morgan fingerprint density at radius 2 is 1.84 bits per heavy atom. The minimum atomic E-state index is -0.0487. The average Bonchev–Trinajstić information content (AvgIpc) is 2.92. The summed E-state index contributed by atoms with van der Waals surface area (Å²) in [4.78, 5) is 29.7. The van der Waals surface area contributed by atoms with Crippen molar-refractivity contribution in [2.45, 2.75) is 50.5 Å². The summed E-state index contributed by atoms with van der Waals surface area (Å²) in [5.41, 5.74) is 3.39. The second-order valence-corrected chi connectivity index (χ2v) is 11.8.